The van der Waals surface area contributed by atoms with Crippen molar-refractivity contribution in [2.45, 2.75) is 69.2 Å². The Morgan fingerprint density at radius 1 is 0.960 bits per heavy atom. The number of para-hydroxylation sites is 1. The van der Waals surface area contributed by atoms with Gasteiger partial charge >= 0.3 is 0 Å². The van der Waals surface area contributed by atoms with Crippen LogP contribution in [0.5, 0.6) is 0 Å². The summed E-state index contributed by atoms with van der Waals surface area (Å²) in [6.45, 7) is 3.37. The third-order valence-electron chi connectivity index (χ3n) is 6.16. The number of β-amino-alcohol motifs (C(OH)–C–C–N with tert-alkyl or cyclic N) is 1. The number of ether oxygens (including phenoxy) is 1. The van der Waals surface area contributed by atoms with Crippen molar-refractivity contribution in [2.24, 2.45) is 0 Å². The Hall–Kier alpha value is -1.10. The van der Waals surface area contributed by atoms with Crippen LogP contribution in [-0.2, 0) is 4.74 Å². The lowest BCUT2D eigenvalue weighted by Crippen LogP contribution is -2.55. The lowest BCUT2D eigenvalue weighted by molar-refractivity contribution is -0.0348. The molecule has 3 aliphatic rings. The Morgan fingerprint density at radius 3 is 2.32 bits per heavy atom. The summed E-state index contributed by atoms with van der Waals surface area (Å²) in [7, 11) is 0. The maximum Gasteiger partial charge on any atom is 0.0900 e. The van der Waals surface area contributed by atoms with Crippen molar-refractivity contribution in [1.29, 1.82) is 0 Å². The van der Waals surface area contributed by atoms with Crippen molar-refractivity contribution in [1.82, 2.24) is 4.90 Å². The van der Waals surface area contributed by atoms with E-state index in [0.717, 1.165) is 19.6 Å². The summed E-state index contributed by atoms with van der Waals surface area (Å²) >= 11 is 0. The minimum absolute atomic E-state index is 0.357. The molecule has 2 bridgehead atoms. The van der Waals surface area contributed by atoms with Gasteiger partial charge in [0.2, 0.25) is 0 Å². The van der Waals surface area contributed by atoms with Crippen molar-refractivity contribution in [3.05, 3.63) is 30.3 Å². The number of hydrogen-bond acceptors (Lipinski definition) is 4. The molecule has 4 heteroatoms. The van der Waals surface area contributed by atoms with Crippen LogP contribution in [0.2, 0.25) is 0 Å². The molecule has 4 rings (SSSR count). The van der Waals surface area contributed by atoms with Crippen LogP contribution in [0.1, 0.15) is 44.9 Å². The minimum Gasteiger partial charge on any atom is -0.389 e. The monoisotopic (exact) mass is 344 g/mol. The molecule has 1 saturated carbocycles. The van der Waals surface area contributed by atoms with Crippen LogP contribution in [0, 0.1) is 0 Å². The highest BCUT2D eigenvalue weighted by Crippen LogP contribution is 2.34. The second-order valence-electron chi connectivity index (χ2n) is 8.09. The summed E-state index contributed by atoms with van der Waals surface area (Å²) in [5, 5.41) is 10.4. The van der Waals surface area contributed by atoms with Gasteiger partial charge in [-0.25, -0.2) is 0 Å². The topological polar surface area (TPSA) is 35.9 Å². The van der Waals surface area contributed by atoms with Crippen molar-refractivity contribution in [3.8, 4) is 0 Å². The lowest BCUT2D eigenvalue weighted by Gasteiger charge is -2.43. The second-order valence-corrected chi connectivity index (χ2v) is 8.09. The first-order chi connectivity index (χ1) is 12.3. The summed E-state index contributed by atoms with van der Waals surface area (Å²) in [6.07, 6.45) is 8.82. The molecular formula is C21H32N2O2. The van der Waals surface area contributed by atoms with E-state index in [1.807, 2.05) is 0 Å². The number of anilines is 1. The number of nitrogens with zero attached hydrogens (tertiary/aromatic N) is 2. The van der Waals surface area contributed by atoms with Crippen LogP contribution >= 0.6 is 0 Å². The van der Waals surface area contributed by atoms with Gasteiger partial charge in [-0.1, -0.05) is 37.5 Å². The highest BCUT2D eigenvalue weighted by atomic mass is 16.5. The molecule has 2 aliphatic heterocycles. The first-order valence-electron chi connectivity index (χ1n) is 10.1. The Balaban J connectivity index is 1.26. The molecular weight excluding hydrogens is 312 g/mol. The third kappa shape index (κ3) is 4.18. The van der Waals surface area contributed by atoms with Gasteiger partial charge in [0.05, 0.1) is 18.8 Å². The van der Waals surface area contributed by atoms with E-state index in [4.69, 9.17) is 4.74 Å². The van der Waals surface area contributed by atoms with Gasteiger partial charge in [0.25, 0.3) is 0 Å². The molecule has 4 nitrogen and oxygen atoms in total. The van der Waals surface area contributed by atoms with Gasteiger partial charge in [-0.2, -0.15) is 0 Å². The van der Waals surface area contributed by atoms with Gasteiger partial charge in [-0.3, -0.25) is 4.90 Å². The molecule has 1 N–H and O–H groups in total. The standard InChI is InChI=1S/C21H32N2O2/c24-20(16-25-21-9-5-2-6-10-21)15-22-13-18-11-12-19(14-22)23(18)17-7-3-1-4-8-17/h1,3-4,7-8,18-21,24H,2,5-6,9-16H2. The normalized spacial score (nSPS) is 29.1. The van der Waals surface area contributed by atoms with E-state index in [1.165, 1.54) is 50.6 Å². The number of benzene rings is 1. The molecule has 0 radical (unpaired) electrons. The zero-order valence-corrected chi connectivity index (χ0v) is 15.2. The van der Waals surface area contributed by atoms with Gasteiger partial charge in [0, 0.05) is 37.4 Å². The molecule has 2 saturated heterocycles. The molecule has 1 aromatic rings. The lowest BCUT2D eigenvalue weighted by atomic mass is 9.98. The van der Waals surface area contributed by atoms with Crippen molar-refractivity contribution in [3.63, 3.8) is 0 Å². The fourth-order valence-electron chi connectivity index (χ4n) is 4.99. The summed E-state index contributed by atoms with van der Waals surface area (Å²) in [6, 6.07) is 12.0. The molecule has 3 atom stereocenters. The largest absolute Gasteiger partial charge is 0.389 e. The Bertz CT molecular complexity index is 518. The van der Waals surface area contributed by atoms with Crippen molar-refractivity contribution >= 4 is 5.69 Å². The highest BCUT2D eigenvalue weighted by Gasteiger charge is 2.40. The van der Waals surface area contributed by atoms with Crippen LogP contribution in [0.4, 0.5) is 5.69 Å². The van der Waals surface area contributed by atoms with Gasteiger partial charge in [0.1, 0.15) is 0 Å². The van der Waals surface area contributed by atoms with Gasteiger partial charge in [-0.05, 0) is 37.8 Å². The smallest absolute Gasteiger partial charge is 0.0900 e. The number of aliphatic hydroxyl groups is 1. The summed E-state index contributed by atoms with van der Waals surface area (Å²) in [5.74, 6) is 0. The maximum absolute atomic E-state index is 10.4. The SMILES string of the molecule is OC(COC1CCCCC1)CN1CC2CCC(C1)N2c1ccccc1. The van der Waals surface area contributed by atoms with Crippen LogP contribution in [0.15, 0.2) is 30.3 Å². The predicted octanol–water partition coefficient (Wildman–Crippen LogP) is 3.05. The number of aliphatic hydroxyl groups excluding tert-OH is 1. The van der Waals surface area contributed by atoms with Crippen LogP contribution in [-0.4, -0.2) is 60.5 Å². The molecule has 138 valence electrons. The molecule has 1 aliphatic carbocycles. The maximum atomic E-state index is 10.4. The second kappa shape index (κ2) is 8.07. The molecule has 3 unspecified atom stereocenters. The van der Waals surface area contributed by atoms with Gasteiger partial charge in [-0.15, -0.1) is 0 Å². The number of hydrogen-bond donors (Lipinski definition) is 1. The summed E-state index contributed by atoms with van der Waals surface area (Å²) in [4.78, 5) is 5.07. The fraction of sp³-hybridized carbons (Fsp3) is 0.714. The number of fused-ring (bicyclic) bond motifs is 2. The minimum atomic E-state index is -0.357. The van der Waals surface area contributed by atoms with Crippen LogP contribution in [0.3, 0.4) is 0 Å². The first kappa shape index (κ1) is 17.3. The molecule has 3 fully saturated rings. The fourth-order valence-corrected chi connectivity index (χ4v) is 4.99. The van der Waals surface area contributed by atoms with E-state index in [2.05, 4.69) is 40.1 Å². The average molecular weight is 344 g/mol. The molecule has 0 aromatic heterocycles. The summed E-state index contributed by atoms with van der Waals surface area (Å²) in [5.41, 5.74) is 1.36. The van der Waals surface area contributed by atoms with Crippen molar-refractivity contribution < 1.29 is 9.84 Å². The first-order valence-corrected chi connectivity index (χ1v) is 10.1. The van der Waals surface area contributed by atoms with Crippen molar-refractivity contribution in [2.75, 3.05) is 31.1 Å². The molecule has 1 aromatic carbocycles. The average Bonchev–Trinajstić information content (AvgIpc) is 2.92. The van der Waals surface area contributed by atoms with Gasteiger partial charge in [0.15, 0.2) is 0 Å². The van der Waals surface area contributed by atoms with E-state index in [1.54, 1.807) is 0 Å². The summed E-state index contributed by atoms with van der Waals surface area (Å²) < 4.78 is 5.96. The van der Waals surface area contributed by atoms with E-state index in [9.17, 15) is 5.11 Å². The molecule has 0 amide bonds. The number of piperazine rings is 1. The zero-order valence-electron chi connectivity index (χ0n) is 15.2. The van der Waals surface area contributed by atoms with E-state index in [-0.39, 0.29) is 6.10 Å². The Morgan fingerprint density at radius 2 is 1.64 bits per heavy atom. The van der Waals surface area contributed by atoms with Crippen LogP contribution in [0.25, 0.3) is 0 Å². The molecule has 2 heterocycles. The highest BCUT2D eigenvalue weighted by molar-refractivity contribution is 5.50. The zero-order chi connectivity index (χ0) is 17.1. The predicted molar refractivity (Wildman–Crippen MR) is 101 cm³/mol. The van der Waals surface area contributed by atoms with Gasteiger partial charge < -0.3 is 14.7 Å². The number of likely N-dealkylation sites (tertiary alicyclic amines) is 1. The van der Waals surface area contributed by atoms with E-state index >= 15 is 0 Å². The third-order valence-corrected chi connectivity index (χ3v) is 6.16. The van der Waals surface area contributed by atoms with Crippen LogP contribution < -0.4 is 4.90 Å². The number of rotatable bonds is 6. The Kier molecular flexibility index (Phi) is 5.59. The Labute approximate surface area is 151 Å². The van der Waals surface area contributed by atoms with E-state index < -0.39 is 0 Å². The molecule has 25 heavy (non-hydrogen) atoms. The van der Waals surface area contributed by atoms with E-state index in [0.29, 0.717) is 24.8 Å². The quantitative estimate of drug-likeness (QED) is 0.860. The molecule has 0 spiro atoms.